The zero-order valence-electron chi connectivity index (χ0n) is 9.35. The maximum atomic E-state index is 11.6. The molecule has 1 aromatic carbocycles. The number of amides is 1. The van der Waals surface area contributed by atoms with Gasteiger partial charge < -0.3 is 15.2 Å². The van der Waals surface area contributed by atoms with Crippen molar-refractivity contribution in [1.82, 2.24) is 0 Å². The van der Waals surface area contributed by atoms with Gasteiger partial charge in [-0.1, -0.05) is 0 Å². The molecule has 0 aliphatic carbocycles. The third kappa shape index (κ3) is 2.37. The zero-order chi connectivity index (χ0) is 12.4. The zero-order valence-corrected chi connectivity index (χ0v) is 10.9. The number of halogens is 1. The molecule has 1 amide bonds. The van der Waals surface area contributed by atoms with Crippen LogP contribution in [0.1, 0.15) is 0 Å². The number of benzene rings is 1. The predicted octanol–water partition coefficient (Wildman–Crippen LogP) is 1.74. The molecule has 17 heavy (non-hydrogen) atoms. The van der Waals surface area contributed by atoms with E-state index < -0.39 is 0 Å². The minimum absolute atomic E-state index is 0.233. The lowest BCUT2D eigenvalue weighted by Crippen LogP contribution is -2.27. The molecule has 92 valence electrons. The number of nitrogens with zero attached hydrogens (tertiary/aromatic N) is 1. The first kappa shape index (κ1) is 12.2. The highest BCUT2D eigenvalue weighted by Crippen LogP contribution is 2.31. The van der Waals surface area contributed by atoms with Crippen molar-refractivity contribution in [3.8, 4) is 5.75 Å². The van der Waals surface area contributed by atoms with Gasteiger partial charge in [0.15, 0.2) is 0 Å². The fraction of sp³-hybridized carbons (Fsp3) is 0.364. The monoisotopic (exact) mass is 300 g/mol. The summed E-state index contributed by atoms with van der Waals surface area (Å²) in [4.78, 5) is 13.2. The van der Waals surface area contributed by atoms with Crippen LogP contribution in [0, 0.1) is 0 Å². The van der Waals surface area contributed by atoms with Crippen LogP contribution in [0.2, 0.25) is 0 Å². The summed E-state index contributed by atoms with van der Waals surface area (Å²) >= 11 is 3.38. The van der Waals surface area contributed by atoms with Crippen molar-refractivity contribution < 1.29 is 14.3 Å². The van der Waals surface area contributed by atoms with E-state index in [-0.39, 0.29) is 12.2 Å². The SMILES string of the molecule is COc1ccc(N2CC(CN)OC2=O)cc1Br. The summed E-state index contributed by atoms with van der Waals surface area (Å²) in [5.74, 6) is 0.719. The first-order valence-electron chi connectivity index (χ1n) is 5.17. The largest absolute Gasteiger partial charge is 0.496 e. The smallest absolute Gasteiger partial charge is 0.414 e. The van der Waals surface area contributed by atoms with E-state index in [1.165, 1.54) is 0 Å². The highest BCUT2D eigenvalue weighted by atomic mass is 79.9. The van der Waals surface area contributed by atoms with Crippen molar-refractivity contribution in [3.63, 3.8) is 0 Å². The molecule has 0 radical (unpaired) electrons. The van der Waals surface area contributed by atoms with Crippen LogP contribution in [0.3, 0.4) is 0 Å². The van der Waals surface area contributed by atoms with Crippen LogP contribution in [-0.4, -0.2) is 32.4 Å². The highest BCUT2D eigenvalue weighted by Gasteiger charge is 2.31. The number of cyclic esters (lactones) is 1. The Morgan fingerprint density at radius 2 is 2.41 bits per heavy atom. The van der Waals surface area contributed by atoms with Crippen LogP contribution < -0.4 is 15.4 Å². The van der Waals surface area contributed by atoms with Gasteiger partial charge >= 0.3 is 6.09 Å². The van der Waals surface area contributed by atoms with E-state index >= 15 is 0 Å². The van der Waals surface area contributed by atoms with E-state index in [2.05, 4.69) is 15.9 Å². The van der Waals surface area contributed by atoms with Crippen molar-refractivity contribution in [2.75, 3.05) is 25.1 Å². The molecule has 1 atom stereocenters. The molecule has 1 fully saturated rings. The van der Waals surface area contributed by atoms with Gasteiger partial charge in [0.25, 0.3) is 0 Å². The van der Waals surface area contributed by atoms with Gasteiger partial charge in [-0.25, -0.2) is 4.79 Å². The Bertz CT molecular complexity index is 439. The van der Waals surface area contributed by atoms with Crippen LogP contribution >= 0.6 is 15.9 Å². The summed E-state index contributed by atoms with van der Waals surface area (Å²) in [5, 5.41) is 0. The second-order valence-corrected chi connectivity index (χ2v) is 4.53. The van der Waals surface area contributed by atoms with Gasteiger partial charge in [-0.2, -0.15) is 0 Å². The molecule has 2 rings (SSSR count). The molecule has 2 N–H and O–H groups in total. The molecule has 5 nitrogen and oxygen atoms in total. The first-order chi connectivity index (χ1) is 8.15. The molecule has 1 heterocycles. The molecule has 6 heteroatoms. The normalized spacial score (nSPS) is 19.4. The quantitative estimate of drug-likeness (QED) is 0.923. The van der Waals surface area contributed by atoms with Gasteiger partial charge in [-0.3, -0.25) is 4.90 Å². The maximum Gasteiger partial charge on any atom is 0.414 e. The Labute approximate surface area is 108 Å². The van der Waals surface area contributed by atoms with Crippen molar-refractivity contribution in [2.45, 2.75) is 6.10 Å². The Hall–Kier alpha value is -1.27. The summed E-state index contributed by atoms with van der Waals surface area (Å²) in [7, 11) is 1.59. The topological polar surface area (TPSA) is 64.8 Å². The maximum absolute atomic E-state index is 11.6. The van der Waals surface area contributed by atoms with E-state index in [9.17, 15) is 4.79 Å². The van der Waals surface area contributed by atoms with Crippen molar-refractivity contribution >= 4 is 27.7 Å². The van der Waals surface area contributed by atoms with Gasteiger partial charge in [-0.05, 0) is 34.1 Å². The summed E-state index contributed by atoms with van der Waals surface area (Å²) < 4.78 is 11.0. The molecule has 0 aromatic heterocycles. The third-order valence-corrected chi connectivity index (χ3v) is 3.20. The Kier molecular flexibility index (Phi) is 3.54. The highest BCUT2D eigenvalue weighted by molar-refractivity contribution is 9.10. The number of anilines is 1. The van der Waals surface area contributed by atoms with Crippen LogP contribution in [0.5, 0.6) is 5.75 Å². The third-order valence-electron chi connectivity index (χ3n) is 2.58. The number of nitrogens with two attached hydrogens (primary N) is 1. The van der Waals surface area contributed by atoms with Gasteiger partial charge in [0.05, 0.1) is 18.1 Å². The number of carbonyl (C=O) groups excluding carboxylic acids is 1. The minimum atomic E-state index is -0.363. The lowest BCUT2D eigenvalue weighted by Gasteiger charge is -2.14. The fourth-order valence-corrected chi connectivity index (χ4v) is 2.21. The average molecular weight is 301 g/mol. The van der Waals surface area contributed by atoms with E-state index in [1.54, 1.807) is 18.1 Å². The summed E-state index contributed by atoms with van der Waals surface area (Å²) in [6.07, 6.45) is -0.596. The van der Waals surface area contributed by atoms with Gasteiger partial charge in [0.1, 0.15) is 11.9 Å². The molecule has 1 aromatic rings. The van der Waals surface area contributed by atoms with Crippen LogP contribution in [0.15, 0.2) is 22.7 Å². The van der Waals surface area contributed by atoms with Gasteiger partial charge in [0.2, 0.25) is 0 Å². The molecule has 0 spiro atoms. The van der Waals surface area contributed by atoms with Crippen molar-refractivity contribution in [2.24, 2.45) is 5.73 Å². The molecular formula is C11H13BrN2O3. The van der Waals surface area contributed by atoms with Gasteiger partial charge in [-0.15, -0.1) is 0 Å². The Balaban J connectivity index is 2.23. The lowest BCUT2D eigenvalue weighted by atomic mass is 10.2. The summed E-state index contributed by atoms with van der Waals surface area (Å²) in [6.45, 7) is 0.813. The van der Waals surface area contributed by atoms with Crippen LogP contribution in [0.25, 0.3) is 0 Å². The molecular weight excluding hydrogens is 288 g/mol. The van der Waals surface area contributed by atoms with Crippen molar-refractivity contribution in [1.29, 1.82) is 0 Å². The molecule has 0 saturated carbocycles. The Morgan fingerprint density at radius 1 is 1.65 bits per heavy atom. The molecule has 1 unspecified atom stereocenters. The van der Waals surface area contributed by atoms with E-state index in [4.69, 9.17) is 15.2 Å². The molecule has 0 bridgehead atoms. The van der Waals surface area contributed by atoms with E-state index in [0.717, 1.165) is 15.9 Å². The first-order valence-corrected chi connectivity index (χ1v) is 5.96. The number of rotatable bonds is 3. The number of carbonyl (C=O) groups is 1. The average Bonchev–Trinajstić information content (AvgIpc) is 2.70. The van der Waals surface area contributed by atoms with E-state index in [1.807, 2.05) is 12.1 Å². The van der Waals surface area contributed by atoms with Crippen molar-refractivity contribution in [3.05, 3.63) is 22.7 Å². The second-order valence-electron chi connectivity index (χ2n) is 3.67. The molecule has 1 saturated heterocycles. The number of methoxy groups -OCH3 is 1. The number of hydrogen-bond donors (Lipinski definition) is 1. The summed E-state index contributed by atoms with van der Waals surface area (Å²) in [6, 6.07) is 5.42. The number of ether oxygens (including phenoxy) is 2. The van der Waals surface area contributed by atoms with E-state index in [0.29, 0.717) is 13.1 Å². The fourth-order valence-electron chi connectivity index (χ4n) is 1.68. The summed E-state index contributed by atoms with van der Waals surface area (Å²) in [5.41, 5.74) is 6.24. The second kappa shape index (κ2) is 4.93. The Morgan fingerprint density at radius 3 is 2.94 bits per heavy atom. The standard InChI is InChI=1S/C11H13BrN2O3/c1-16-10-3-2-7(4-9(10)12)14-6-8(5-13)17-11(14)15/h2-4,8H,5-6,13H2,1H3. The number of hydrogen-bond acceptors (Lipinski definition) is 4. The molecule has 1 aliphatic rings. The van der Waals surface area contributed by atoms with Crippen LogP contribution in [-0.2, 0) is 4.74 Å². The lowest BCUT2D eigenvalue weighted by molar-refractivity contribution is 0.145. The van der Waals surface area contributed by atoms with Gasteiger partial charge in [0, 0.05) is 12.2 Å². The van der Waals surface area contributed by atoms with Crippen LogP contribution in [0.4, 0.5) is 10.5 Å². The minimum Gasteiger partial charge on any atom is -0.496 e. The predicted molar refractivity (Wildman–Crippen MR) is 67.4 cm³/mol. The molecule has 1 aliphatic heterocycles.